The summed E-state index contributed by atoms with van der Waals surface area (Å²) in [5.74, 6) is -2.00. The van der Waals surface area contributed by atoms with E-state index in [9.17, 15) is 4.79 Å². The van der Waals surface area contributed by atoms with Crippen LogP contribution in [0.1, 0.15) is 0 Å². The number of aliphatic hydroxyl groups excluding tert-OH is 2. The number of rotatable bonds is 1. The minimum atomic E-state index is -1.25. The molecular weight excluding hydrogens is 148 g/mol. The van der Waals surface area contributed by atoms with E-state index in [0.717, 1.165) is 12.2 Å². The second kappa shape index (κ2) is 2.44. The lowest BCUT2D eigenvalue weighted by Crippen LogP contribution is -2.04. The molecule has 0 saturated heterocycles. The highest BCUT2D eigenvalue weighted by Gasteiger charge is 2.23. The topological polar surface area (TPSA) is 77.8 Å². The SMILES string of the molecule is O=C(O)C1=C(O)C=C(O)[C+]=C1. The van der Waals surface area contributed by atoms with Gasteiger partial charge in [-0.05, 0) is 0 Å². The molecular formula is C7H5O4+. The molecule has 0 bridgehead atoms. The fourth-order valence-corrected chi connectivity index (χ4v) is 0.640. The molecule has 1 rings (SSSR count). The normalized spacial score (nSPS) is 15.8. The number of carboxylic acids is 1. The summed E-state index contributed by atoms with van der Waals surface area (Å²) in [6, 6.07) is 0. The Morgan fingerprint density at radius 1 is 1.45 bits per heavy atom. The largest absolute Gasteiger partial charge is 0.487 e. The van der Waals surface area contributed by atoms with Gasteiger partial charge in [-0.3, -0.25) is 0 Å². The van der Waals surface area contributed by atoms with Crippen LogP contribution < -0.4 is 0 Å². The van der Waals surface area contributed by atoms with Gasteiger partial charge in [0.25, 0.3) is 5.76 Å². The van der Waals surface area contributed by atoms with E-state index in [1.165, 1.54) is 0 Å². The van der Waals surface area contributed by atoms with Gasteiger partial charge in [-0.1, -0.05) is 0 Å². The van der Waals surface area contributed by atoms with Gasteiger partial charge in [0.2, 0.25) is 11.3 Å². The third kappa shape index (κ3) is 1.36. The summed E-state index contributed by atoms with van der Waals surface area (Å²) in [5, 5.41) is 26.0. The summed E-state index contributed by atoms with van der Waals surface area (Å²) in [6.07, 6.45) is 4.16. The molecule has 0 atom stereocenters. The molecule has 0 fully saturated rings. The molecule has 0 spiro atoms. The van der Waals surface area contributed by atoms with Crippen LogP contribution in [-0.4, -0.2) is 21.3 Å². The Hall–Kier alpha value is -1.80. The fourth-order valence-electron chi connectivity index (χ4n) is 0.640. The first kappa shape index (κ1) is 7.31. The monoisotopic (exact) mass is 153 g/mol. The van der Waals surface area contributed by atoms with E-state index in [2.05, 4.69) is 6.08 Å². The van der Waals surface area contributed by atoms with E-state index in [-0.39, 0.29) is 11.3 Å². The number of carbonyl (C=O) groups is 1. The number of hydrogen-bond acceptors (Lipinski definition) is 3. The van der Waals surface area contributed by atoms with Crippen molar-refractivity contribution in [2.24, 2.45) is 0 Å². The minimum absolute atomic E-state index is 0.275. The Labute approximate surface area is 62.4 Å². The van der Waals surface area contributed by atoms with Gasteiger partial charge in [-0.2, -0.15) is 0 Å². The summed E-state index contributed by atoms with van der Waals surface area (Å²) in [5.41, 5.74) is -0.275. The Kier molecular flexibility index (Phi) is 1.62. The molecule has 4 heteroatoms. The van der Waals surface area contributed by atoms with Crippen LogP contribution in [0.15, 0.2) is 29.2 Å². The molecule has 0 heterocycles. The Morgan fingerprint density at radius 2 is 2.09 bits per heavy atom. The molecule has 0 unspecified atom stereocenters. The number of allylic oxidation sites excluding steroid dienone is 2. The summed E-state index contributed by atoms with van der Waals surface area (Å²) in [7, 11) is 0. The van der Waals surface area contributed by atoms with Crippen molar-refractivity contribution >= 4 is 5.97 Å². The first-order valence-electron chi connectivity index (χ1n) is 2.78. The molecule has 0 saturated carbocycles. The molecule has 0 aliphatic heterocycles. The van der Waals surface area contributed by atoms with Gasteiger partial charge >= 0.3 is 5.97 Å². The first-order valence-corrected chi connectivity index (χ1v) is 2.78. The van der Waals surface area contributed by atoms with E-state index in [1.807, 2.05) is 0 Å². The fraction of sp³-hybridized carbons (Fsp3) is 0. The highest BCUT2D eigenvalue weighted by molar-refractivity contribution is 5.91. The molecule has 3 N–H and O–H groups in total. The summed E-state index contributed by atoms with van der Waals surface area (Å²) < 4.78 is 0. The highest BCUT2D eigenvalue weighted by atomic mass is 16.4. The zero-order valence-corrected chi connectivity index (χ0v) is 5.40. The number of hydrogen-bond donors (Lipinski definition) is 3. The summed E-state index contributed by atoms with van der Waals surface area (Å²) in [4.78, 5) is 10.3. The van der Waals surface area contributed by atoms with Gasteiger partial charge in [0, 0.05) is 0 Å². The lowest BCUT2D eigenvalue weighted by atomic mass is 10.1. The Morgan fingerprint density at radius 3 is 2.55 bits per heavy atom. The molecule has 56 valence electrons. The summed E-state index contributed by atoms with van der Waals surface area (Å²) in [6.45, 7) is 0. The maximum Gasteiger partial charge on any atom is 0.398 e. The highest BCUT2D eigenvalue weighted by Crippen LogP contribution is 2.12. The van der Waals surface area contributed by atoms with Crippen molar-refractivity contribution in [2.75, 3.05) is 0 Å². The van der Waals surface area contributed by atoms with E-state index in [1.54, 1.807) is 0 Å². The minimum Gasteiger partial charge on any atom is -0.487 e. The van der Waals surface area contributed by atoms with Crippen molar-refractivity contribution in [3.63, 3.8) is 0 Å². The van der Waals surface area contributed by atoms with Crippen LogP contribution in [0.3, 0.4) is 0 Å². The molecule has 0 amide bonds. The van der Waals surface area contributed by atoms with E-state index in [4.69, 9.17) is 15.3 Å². The van der Waals surface area contributed by atoms with Gasteiger partial charge in [0.15, 0.2) is 0 Å². The lowest BCUT2D eigenvalue weighted by molar-refractivity contribution is -0.132. The maximum atomic E-state index is 10.3. The Balaban J connectivity index is 3.08. The van der Waals surface area contributed by atoms with Gasteiger partial charge in [-0.25, -0.2) is 4.79 Å². The van der Waals surface area contributed by atoms with Crippen LogP contribution in [0.5, 0.6) is 0 Å². The predicted octanol–water partition coefficient (Wildman–Crippen LogP) is 0.698. The maximum absolute atomic E-state index is 10.3. The van der Waals surface area contributed by atoms with Crippen LogP contribution in [0.2, 0.25) is 0 Å². The number of aliphatic hydroxyl groups is 2. The van der Waals surface area contributed by atoms with Crippen molar-refractivity contribution in [3.8, 4) is 0 Å². The van der Waals surface area contributed by atoms with E-state index in [0.29, 0.717) is 0 Å². The summed E-state index contributed by atoms with van der Waals surface area (Å²) >= 11 is 0. The van der Waals surface area contributed by atoms with Crippen LogP contribution in [-0.2, 0) is 4.79 Å². The third-order valence-corrected chi connectivity index (χ3v) is 1.14. The second-order valence-electron chi connectivity index (χ2n) is 1.92. The van der Waals surface area contributed by atoms with E-state index >= 15 is 0 Å². The molecule has 1 aliphatic rings. The lowest BCUT2D eigenvalue weighted by Gasteiger charge is -1.92. The average Bonchev–Trinajstić information content (AvgIpc) is 1.85. The number of aliphatic carboxylic acids is 1. The molecule has 0 aromatic heterocycles. The molecule has 0 aromatic carbocycles. The van der Waals surface area contributed by atoms with Crippen LogP contribution in [0.25, 0.3) is 0 Å². The molecule has 0 radical (unpaired) electrons. The van der Waals surface area contributed by atoms with Gasteiger partial charge in [-0.15, -0.1) is 0 Å². The molecule has 1 aliphatic carbocycles. The van der Waals surface area contributed by atoms with Gasteiger partial charge < -0.3 is 15.3 Å². The van der Waals surface area contributed by atoms with Crippen LogP contribution in [0.4, 0.5) is 0 Å². The van der Waals surface area contributed by atoms with Crippen molar-refractivity contribution in [1.29, 1.82) is 0 Å². The number of carboxylic acid groups (broad SMARTS) is 1. The molecule has 4 nitrogen and oxygen atoms in total. The molecule has 0 aromatic rings. The Bertz CT molecular complexity index is 283. The third-order valence-electron chi connectivity index (χ3n) is 1.14. The van der Waals surface area contributed by atoms with Crippen molar-refractivity contribution in [3.05, 3.63) is 35.3 Å². The van der Waals surface area contributed by atoms with Crippen LogP contribution in [0, 0.1) is 6.08 Å². The van der Waals surface area contributed by atoms with Crippen molar-refractivity contribution in [1.82, 2.24) is 0 Å². The standard InChI is InChI=1S/C7H4O4/c8-4-1-2-5(7(10)11)6(9)3-4/h2-3H,(H2-,8,9,10,11)/p+1. The quantitative estimate of drug-likeness (QED) is 0.484. The second-order valence-corrected chi connectivity index (χ2v) is 1.92. The van der Waals surface area contributed by atoms with Gasteiger partial charge in [0.05, 0.1) is 6.08 Å². The zero-order valence-electron chi connectivity index (χ0n) is 5.40. The van der Waals surface area contributed by atoms with E-state index < -0.39 is 11.7 Å². The first-order chi connectivity index (χ1) is 5.11. The van der Waals surface area contributed by atoms with Crippen molar-refractivity contribution < 1.29 is 20.1 Å². The van der Waals surface area contributed by atoms with Crippen molar-refractivity contribution in [2.45, 2.75) is 0 Å². The smallest absolute Gasteiger partial charge is 0.398 e. The average molecular weight is 153 g/mol. The predicted molar refractivity (Wildman–Crippen MR) is 35.8 cm³/mol. The van der Waals surface area contributed by atoms with Crippen LogP contribution >= 0.6 is 0 Å². The van der Waals surface area contributed by atoms with Gasteiger partial charge in [0.1, 0.15) is 12.2 Å². The zero-order chi connectivity index (χ0) is 8.43. The molecule has 11 heavy (non-hydrogen) atoms.